The zero-order valence-electron chi connectivity index (χ0n) is 11.0. The summed E-state index contributed by atoms with van der Waals surface area (Å²) in [7, 11) is 0. The van der Waals surface area contributed by atoms with E-state index < -0.39 is 0 Å². The Hall–Kier alpha value is -1.84. The lowest BCUT2D eigenvalue weighted by Gasteiger charge is -2.29. The van der Waals surface area contributed by atoms with Gasteiger partial charge in [0.05, 0.1) is 53.0 Å². The van der Waals surface area contributed by atoms with E-state index >= 15 is 0 Å². The number of nitrogens with zero attached hydrogens (tertiary/aromatic N) is 2. The number of nitrogens with one attached hydrogen (secondary N) is 1. The number of hydrogen-bond donors (Lipinski definition) is 2. The van der Waals surface area contributed by atoms with Crippen molar-refractivity contribution in [1.82, 2.24) is 4.98 Å². The Morgan fingerprint density at radius 3 is 3.20 bits per heavy atom. The first kappa shape index (κ1) is 13.2. The van der Waals surface area contributed by atoms with Crippen molar-refractivity contribution in [2.75, 3.05) is 17.7 Å². The molecule has 0 aromatic carbocycles. The number of hydrogen-bond acceptors (Lipinski definition) is 6. The van der Waals surface area contributed by atoms with Crippen molar-refractivity contribution in [1.29, 1.82) is 5.26 Å². The number of rotatable bonds is 3. The largest absolute Gasteiger partial charge is 0.396 e. The van der Waals surface area contributed by atoms with Crippen LogP contribution in [0.4, 0.5) is 11.4 Å². The maximum Gasteiger partial charge on any atom is 0.0832 e. The predicted molar refractivity (Wildman–Crippen MR) is 80.6 cm³/mol. The zero-order chi connectivity index (χ0) is 13.9. The van der Waals surface area contributed by atoms with Gasteiger partial charge in [-0.1, -0.05) is 0 Å². The van der Waals surface area contributed by atoms with Crippen LogP contribution in [-0.4, -0.2) is 23.7 Å². The first-order valence-corrected chi connectivity index (χ1v) is 7.52. The molecule has 2 atom stereocenters. The fourth-order valence-electron chi connectivity index (χ4n) is 2.46. The molecule has 3 N–H and O–H groups in total. The van der Waals surface area contributed by atoms with Crippen LogP contribution in [-0.2, 0) is 4.74 Å². The van der Waals surface area contributed by atoms with Crippen LogP contribution in [0.25, 0.3) is 10.2 Å². The quantitative estimate of drug-likeness (QED) is 0.907. The van der Waals surface area contributed by atoms with Gasteiger partial charge >= 0.3 is 0 Å². The van der Waals surface area contributed by atoms with Gasteiger partial charge in [-0.3, -0.25) is 4.98 Å². The van der Waals surface area contributed by atoms with Gasteiger partial charge in [-0.25, -0.2) is 0 Å². The van der Waals surface area contributed by atoms with E-state index in [-0.39, 0.29) is 12.1 Å². The number of aromatic nitrogens is 1. The fraction of sp³-hybridized carbons (Fsp3) is 0.429. The second-order valence-electron chi connectivity index (χ2n) is 4.96. The predicted octanol–water partition coefficient (Wildman–Crippen LogP) is 2.75. The van der Waals surface area contributed by atoms with E-state index in [2.05, 4.69) is 16.4 Å². The molecule has 20 heavy (non-hydrogen) atoms. The molecule has 104 valence electrons. The number of fused-ring (bicyclic) bond motifs is 1. The highest BCUT2D eigenvalue weighted by Crippen LogP contribution is 2.33. The molecule has 0 amide bonds. The topological polar surface area (TPSA) is 84.0 Å². The van der Waals surface area contributed by atoms with E-state index in [0.717, 1.165) is 28.7 Å². The van der Waals surface area contributed by atoms with E-state index in [0.29, 0.717) is 18.7 Å². The van der Waals surface area contributed by atoms with Crippen LogP contribution < -0.4 is 11.1 Å². The van der Waals surface area contributed by atoms with E-state index in [1.165, 1.54) is 0 Å². The highest BCUT2D eigenvalue weighted by atomic mass is 32.1. The molecule has 1 saturated heterocycles. The van der Waals surface area contributed by atoms with Gasteiger partial charge in [0.2, 0.25) is 0 Å². The smallest absolute Gasteiger partial charge is 0.0832 e. The molecule has 6 heteroatoms. The summed E-state index contributed by atoms with van der Waals surface area (Å²) in [5.41, 5.74) is 8.62. The average molecular weight is 288 g/mol. The standard InChI is InChI=1S/C14H16N4OS/c15-5-3-10-2-1-9(8-19-10)18-13-11(16)7-17-12-4-6-20-14(12)13/h4,6-7,9-10H,1-3,8,16H2,(H,17,18)/t9-,10?/m0/s1. The Balaban J connectivity index is 1.73. The van der Waals surface area contributed by atoms with Gasteiger partial charge in [0.15, 0.2) is 0 Å². The zero-order valence-corrected chi connectivity index (χ0v) is 11.8. The third kappa shape index (κ3) is 2.55. The summed E-state index contributed by atoms with van der Waals surface area (Å²) >= 11 is 1.64. The van der Waals surface area contributed by atoms with Gasteiger partial charge in [0.25, 0.3) is 0 Å². The lowest BCUT2D eigenvalue weighted by atomic mass is 10.0. The Labute approximate surface area is 121 Å². The second-order valence-corrected chi connectivity index (χ2v) is 5.88. The van der Waals surface area contributed by atoms with Crippen molar-refractivity contribution in [2.24, 2.45) is 0 Å². The Morgan fingerprint density at radius 2 is 2.45 bits per heavy atom. The number of pyridine rings is 1. The van der Waals surface area contributed by atoms with Crippen LogP contribution >= 0.6 is 11.3 Å². The normalized spacial score (nSPS) is 22.6. The molecule has 1 unspecified atom stereocenters. The van der Waals surface area contributed by atoms with Crippen molar-refractivity contribution in [3.8, 4) is 6.07 Å². The van der Waals surface area contributed by atoms with E-state index in [1.54, 1.807) is 17.5 Å². The minimum atomic E-state index is 0.0783. The first-order valence-electron chi connectivity index (χ1n) is 6.64. The highest BCUT2D eigenvalue weighted by Gasteiger charge is 2.22. The molecule has 0 saturated carbocycles. The van der Waals surface area contributed by atoms with Gasteiger partial charge in [-0.05, 0) is 24.3 Å². The minimum absolute atomic E-state index is 0.0783. The van der Waals surface area contributed by atoms with E-state index in [9.17, 15) is 0 Å². The van der Waals surface area contributed by atoms with Crippen LogP contribution in [0.1, 0.15) is 19.3 Å². The SMILES string of the molecule is N#CCC1CC[C@H](Nc2c(N)cnc3ccsc23)CO1. The molecule has 0 radical (unpaired) electrons. The number of nitriles is 1. The summed E-state index contributed by atoms with van der Waals surface area (Å²) in [4.78, 5) is 4.31. The van der Waals surface area contributed by atoms with Gasteiger partial charge in [0.1, 0.15) is 0 Å². The summed E-state index contributed by atoms with van der Waals surface area (Å²) in [5, 5.41) is 14.2. The Kier molecular flexibility index (Phi) is 3.72. The number of nitrogens with two attached hydrogens (primary N) is 1. The van der Waals surface area contributed by atoms with Crippen molar-refractivity contribution in [3.05, 3.63) is 17.6 Å². The van der Waals surface area contributed by atoms with Gasteiger partial charge < -0.3 is 15.8 Å². The summed E-state index contributed by atoms with van der Waals surface area (Å²) in [6, 6.07) is 4.39. The second kappa shape index (κ2) is 5.65. The van der Waals surface area contributed by atoms with E-state index in [1.807, 2.05) is 11.4 Å². The first-order chi connectivity index (χ1) is 9.78. The molecule has 1 aliphatic rings. The lowest BCUT2D eigenvalue weighted by Crippen LogP contribution is -2.34. The van der Waals surface area contributed by atoms with Crippen LogP contribution in [0, 0.1) is 11.3 Å². The molecule has 1 aliphatic heterocycles. The summed E-state index contributed by atoms with van der Waals surface area (Å²) in [6.45, 7) is 0.612. The minimum Gasteiger partial charge on any atom is -0.396 e. The molecule has 0 bridgehead atoms. The average Bonchev–Trinajstić information content (AvgIpc) is 2.93. The molecule has 0 aliphatic carbocycles. The fourth-order valence-corrected chi connectivity index (χ4v) is 3.33. The summed E-state index contributed by atoms with van der Waals surface area (Å²) in [5.74, 6) is 0. The number of ether oxygens (including phenoxy) is 1. The number of anilines is 2. The van der Waals surface area contributed by atoms with Crippen molar-refractivity contribution in [3.63, 3.8) is 0 Å². The molecule has 3 heterocycles. The number of thiophene rings is 1. The van der Waals surface area contributed by atoms with Gasteiger partial charge in [-0.2, -0.15) is 5.26 Å². The highest BCUT2D eigenvalue weighted by molar-refractivity contribution is 7.17. The third-order valence-corrected chi connectivity index (χ3v) is 4.46. The molecular formula is C14H16N4OS. The van der Waals surface area contributed by atoms with Crippen molar-refractivity contribution >= 4 is 32.9 Å². The molecule has 3 rings (SSSR count). The van der Waals surface area contributed by atoms with Crippen molar-refractivity contribution < 1.29 is 4.74 Å². The lowest BCUT2D eigenvalue weighted by molar-refractivity contribution is 0.0127. The third-order valence-electron chi connectivity index (χ3n) is 3.54. The van der Waals surface area contributed by atoms with Gasteiger partial charge in [-0.15, -0.1) is 11.3 Å². The monoisotopic (exact) mass is 288 g/mol. The number of nitrogen functional groups attached to an aromatic ring is 1. The maximum atomic E-state index is 8.68. The van der Waals surface area contributed by atoms with Crippen LogP contribution in [0.3, 0.4) is 0 Å². The maximum absolute atomic E-state index is 8.68. The van der Waals surface area contributed by atoms with Crippen molar-refractivity contribution in [2.45, 2.75) is 31.4 Å². The molecule has 2 aromatic heterocycles. The molecular weight excluding hydrogens is 272 g/mol. The summed E-state index contributed by atoms with van der Waals surface area (Å²) in [6.07, 6.45) is 4.14. The summed E-state index contributed by atoms with van der Waals surface area (Å²) < 4.78 is 6.79. The molecule has 5 nitrogen and oxygen atoms in total. The van der Waals surface area contributed by atoms with Gasteiger partial charge in [0, 0.05) is 6.04 Å². The van der Waals surface area contributed by atoms with Crippen LogP contribution in [0.15, 0.2) is 17.6 Å². The van der Waals surface area contributed by atoms with E-state index in [4.69, 9.17) is 15.7 Å². The van der Waals surface area contributed by atoms with Crippen LogP contribution in [0.2, 0.25) is 0 Å². The Bertz CT molecular complexity index is 640. The Morgan fingerprint density at radius 1 is 1.55 bits per heavy atom. The molecule has 2 aromatic rings. The molecule has 0 spiro atoms. The molecule has 1 fully saturated rings. The van der Waals surface area contributed by atoms with Crippen LogP contribution in [0.5, 0.6) is 0 Å².